The second-order valence-electron chi connectivity index (χ2n) is 7.10. The number of aromatic nitrogens is 3. The van der Waals surface area contributed by atoms with Crippen molar-refractivity contribution < 1.29 is 9.90 Å². The Morgan fingerprint density at radius 1 is 1.32 bits per heavy atom. The van der Waals surface area contributed by atoms with Crippen molar-refractivity contribution in [1.82, 2.24) is 19.7 Å². The van der Waals surface area contributed by atoms with Crippen LogP contribution in [0.3, 0.4) is 0 Å². The first kappa shape index (κ1) is 17.6. The summed E-state index contributed by atoms with van der Waals surface area (Å²) >= 11 is 0. The normalized spacial score (nSPS) is 16.5. The number of carboxylic acids is 1. The van der Waals surface area contributed by atoms with Crippen LogP contribution in [0.25, 0.3) is 0 Å². The van der Waals surface area contributed by atoms with Gasteiger partial charge in [-0.3, -0.25) is 9.67 Å². The molecule has 2 aromatic heterocycles. The summed E-state index contributed by atoms with van der Waals surface area (Å²) in [6.45, 7) is 8.67. The Bertz CT molecular complexity index is 746. The van der Waals surface area contributed by atoms with Gasteiger partial charge in [-0.15, -0.1) is 0 Å². The summed E-state index contributed by atoms with van der Waals surface area (Å²) in [4.78, 5) is 18.0. The molecule has 0 saturated carbocycles. The van der Waals surface area contributed by atoms with Gasteiger partial charge in [-0.1, -0.05) is 0 Å². The van der Waals surface area contributed by atoms with Crippen LogP contribution < -0.4 is 0 Å². The summed E-state index contributed by atoms with van der Waals surface area (Å²) in [6.07, 6.45) is 8.00. The van der Waals surface area contributed by atoms with Gasteiger partial charge >= 0.3 is 5.97 Å². The second kappa shape index (κ2) is 7.35. The van der Waals surface area contributed by atoms with Crippen LogP contribution >= 0.6 is 0 Å². The predicted octanol–water partition coefficient (Wildman–Crippen LogP) is 2.92. The van der Waals surface area contributed by atoms with Crippen molar-refractivity contribution in [3.63, 3.8) is 0 Å². The SMILES string of the molecule is Cc1nn(C2CCN(C(C)C)CC2)cc1Cc1cnccc1C(=O)O. The second-order valence-corrected chi connectivity index (χ2v) is 7.10. The average molecular weight is 342 g/mol. The Labute approximate surface area is 148 Å². The van der Waals surface area contributed by atoms with Crippen LogP contribution in [0.5, 0.6) is 0 Å². The molecule has 0 radical (unpaired) electrons. The molecule has 1 N–H and O–H groups in total. The first-order valence-corrected chi connectivity index (χ1v) is 8.90. The summed E-state index contributed by atoms with van der Waals surface area (Å²) < 4.78 is 2.08. The fourth-order valence-electron chi connectivity index (χ4n) is 3.53. The van der Waals surface area contributed by atoms with Crippen molar-refractivity contribution in [3.05, 3.63) is 47.0 Å². The molecule has 0 atom stereocenters. The van der Waals surface area contributed by atoms with Crippen molar-refractivity contribution in [2.24, 2.45) is 0 Å². The standard InChI is InChI=1S/C19H26N4O2/c1-13(2)22-8-5-17(6-9-22)23-12-16(14(3)21-23)10-15-11-20-7-4-18(15)19(24)25/h4,7,11-13,17H,5-6,8-10H2,1-3H3,(H,24,25). The number of hydrogen-bond donors (Lipinski definition) is 1. The molecular weight excluding hydrogens is 316 g/mol. The Kier molecular flexibility index (Phi) is 5.18. The lowest BCUT2D eigenvalue weighted by atomic mass is 10.0. The number of carbonyl (C=O) groups is 1. The predicted molar refractivity (Wildman–Crippen MR) is 95.9 cm³/mol. The van der Waals surface area contributed by atoms with Gasteiger partial charge in [-0.05, 0) is 50.8 Å². The molecule has 6 nitrogen and oxygen atoms in total. The number of likely N-dealkylation sites (tertiary alicyclic amines) is 1. The van der Waals surface area contributed by atoms with Gasteiger partial charge in [-0.2, -0.15) is 5.10 Å². The number of carboxylic acid groups (broad SMARTS) is 1. The van der Waals surface area contributed by atoms with E-state index in [1.807, 2.05) is 6.92 Å². The van der Waals surface area contributed by atoms with E-state index in [-0.39, 0.29) is 0 Å². The third-order valence-electron chi connectivity index (χ3n) is 5.14. The van der Waals surface area contributed by atoms with E-state index in [2.05, 4.69) is 34.6 Å². The number of aryl methyl sites for hydroxylation is 1. The van der Waals surface area contributed by atoms with Crippen molar-refractivity contribution in [2.45, 2.75) is 52.1 Å². The molecule has 25 heavy (non-hydrogen) atoms. The molecule has 1 aliphatic rings. The molecule has 0 aliphatic carbocycles. The van der Waals surface area contributed by atoms with E-state index in [0.29, 0.717) is 24.1 Å². The van der Waals surface area contributed by atoms with Crippen LogP contribution in [-0.2, 0) is 6.42 Å². The van der Waals surface area contributed by atoms with E-state index in [4.69, 9.17) is 5.10 Å². The van der Waals surface area contributed by atoms with Gasteiger partial charge in [0.25, 0.3) is 0 Å². The van der Waals surface area contributed by atoms with Crippen LogP contribution in [-0.4, -0.2) is 49.9 Å². The zero-order chi connectivity index (χ0) is 18.0. The number of piperidine rings is 1. The van der Waals surface area contributed by atoms with Crippen molar-refractivity contribution in [1.29, 1.82) is 0 Å². The highest BCUT2D eigenvalue weighted by Gasteiger charge is 2.23. The quantitative estimate of drug-likeness (QED) is 0.904. The number of aromatic carboxylic acids is 1. The molecule has 3 rings (SSSR count). The maximum absolute atomic E-state index is 11.4. The Hall–Kier alpha value is -2.21. The molecule has 0 spiro atoms. The van der Waals surface area contributed by atoms with Crippen LogP contribution in [0, 0.1) is 6.92 Å². The summed E-state index contributed by atoms with van der Waals surface area (Å²) in [5.41, 5.74) is 3.08. The molecule has 1 saturated heterocycles. The highest BCUT2D eigenvalue weighted by atomic mass is 16.4. The average Bonchev–Trinajstić information content (AvgIpc) is 2.96. The summed E-state index contributed by atoms with van der Waals surface area (Å²) in [7, 11) is 0. The van der Waals surface area contributed by atoms with Crippen molar-refractivity contribution >= 4 is 5.97 Å². The lowest BCUT2D eigenvalue weighted by molar-refractivity contribution is 0.0695. The van der Waals surface area contributed by atoms with Crippen LogP contribution in [0.1, 0.15) is 59.9 Å². The van der Waals surface area contributed by atoms with E-state index in [0.717, 1.165) is 42.8 Å². The molecule has 1 fully saturated rings. The fraction of sp³-hybridized carbons (Fsp3) is 0.526. The molecule has 3 heterocycles. The van der Waals surface area contributed by atoms with Crippen molar-refractivity contribution in [3.8, 4) is 0 Å². The molecule has 0 amide bonds. The summed E-state index contributed by atoms with van der Waals surface area (Å²) in [5.74, 6) is -0.913. The van der Waals surface area contributed by atoms with Gasteiger partial charge < -0.3 is 10.0 Å². The molecule has 0 bridgehead atoms. The third-order valence-corrected chi connectivity index (χ3v) is 5.14. The summed E-state index contributed by atoms with van der Waals surface area (Å²) in [5, 5.41) is 14.0. The van der Waals surface area contributed by atoms with Crippen LogP contribution in [0.4, 0.5) is 0 Å². The van der Waals surface area contributed by atoms with Gasteiger partial charge in [0, 0.05) is 44.1 Å². The first-order valence-electron chi connectivity index (χ1n) is 8.90. The topological polar surface area (TPSA) is 71.2 Å². The summed E-state index contributed by atoms with van der Waals surface area (Å²) in [6, 6.07) is 2.57. The fourth-order valence-corrected chi connectivity index (χ4v) is 3.53. The first-order chi connectivity index (χ1) is 12.0. The Morgan fingerprint density at radius 2 is 2.04 bits per heavy atom. The van der Waals surface area contributed by atoms with E-state index in [1.54, 1.807) is 12.3 Å². The molecule has 1 aliphatic heterocycles. The lowest BCUT2D eigenvalue weighted by Crippen LogP contribution is -2.39. The monoisotopic (exact) mass is 342 g/mol. The zero-order valence-electron chi connectivity index (χ0n) is 15.1. The largest absolute Gasteiger partial charge is 0.478 e. The van der Waals surface area contributed by atoms with Gasteiger partial charge in [0.2, 0.25) is 0 Å². The van der Waals surface area contributed by atoms with Crippen LogP contribution in [0.15, 0.2) is 24.7 Å². The van der Waals surface area contributed by atoms with E-state index in [9.17, 15) is 9.90 Å². The van der Waals surface area contributed by atoms with Crippen LogP contribution in [0.2, 0.25) is 0 Å². The maximum atomic E-state index is 11.4. The molecular formula is C19H26N4O2. The molecule has 0 aromatic carbocycles. The Balaban J connectivity index is 1.75. The molecule has 6 heteroatoms. The van der Waals surface area contributed by atoms with E-state index in [1.165, 1.54) is 6.20 Å². The van der Waals surface area contributed by atoms with E-state index < -0.39 is 5.97 Å². The Morgan fingerprint density at radius 3 is 2.68 bits per heavy atom. The van der Waals surface area contributed by atoms with Gasteiger partial charge in [0.15, 0.2) is 0 Å². The van der Waals surface area contributed by atoms with Crippen molar-refractivity contribution in [2.75, 3.05) is 13.1 Å². The van der Waals surface area contributed by atoms with Gasteiger partial charge in [-0.25, -0.2) is 4.79 Å². The minimum atomic E-state index is -0.913. The highest BCUT2D eigenvalue weighted by molar-refractivity contribution is 5.89. The maximum Gasteiger partial charge on any atom is 0.336 e. The molecule has 134 valence electrons. The number of pyridine rings is 1. The number of hydrogen-bond acceptors (Lipinski definition) is 4. The van der Waals surface area contributed by atoms with Gasteiger partial charge in [0.05, 0.1) is 17.3 Å². The number of nitrogens with zero attached hydrogens (tertiary/aromatic N) is 4. The zero-order valence-corrected chi connectivity index (χ0v) is 15.1. The van der Waals surface area contributed by atoms with E-state index >= 15 is 0 Å². The minimum absolute atomic E-state index is 0.312. The van der Waals surface area contributed by atoms with Gasteiger partial charge in [0.1, 0.15) is 0 Å². The smallest absolute Gasteiger partial charge is 0.336 e. The number of rotatable bonds is 5. The third kappa shape index (κ3) is 3.90. The molecule has 2 aromatic rings. The highest BCUT2D eigenvalue weighted by Crippen LogP contribution is 2.25. The molecule has 0 unspecified atom stereocenters. The lowest BCUT2D eigenvalue weighted by Gasteiger charge is -2.34. The minimum Gasteiger partial charge on any atom is -0.478 e.